The fraction of sp³-hybridized carbons (Fsp3) is 0.385. The summed E-state index contributed by atoms with van der Waals surface area (Å²) in [6, 6.07) is 6.95. The highest BCUT2D eigenvalue weighted by Gasteiger charge is 2.11. The number of hydrogen-bond acceptors (Lipinski definition) is 2. The van der Waals surface area contributed by atoms with Crippen LogP contribution in [0.15, 0.2) is 12.1 Å². The molecule has 3 heteroatoms. The predicted molar refractivity (Wildman–Crippen MR) is 59.0 cm³/mol. The van der Waals surface area contributed by atoms with Crippen molar-refractivity contribution in [3.05, 3.63) is 34.6 Å². The number of hydrogen-bond donors (Lipinski definition) is 0. The minimum absolute atomic E-state index is 0.0309. The van der Waals surface area contributed by atoms with Crippen molar-refractivity contribution in [1.82, 2.24) is 0 Å². The minimum Gasteiger partial charge on any atom is -0.205 e. The fourth-order valence-electron chi connectivity index (χ4n) is 1.61. The molecule has 0 spiro atoms. The van der Waals surface area contributed by atoms with E-state index in [4.69, 9.17) is 10.5 Å². The molecular weight excluding hydrogens is 203 g/mol. The van der Waals surface area contributed by atoms with Gasteiger partial charge in [0.2, 0.25) is 0 Å². The average Bonchev–Trinajstić information content (AvgIpc) is 2.22. The number of benzene rings is 1. The lowest BCUT2D eigenvalue weighted by molar-refractivity contribution is 0.571. The predicted octanol–water partition coefficient (Wildman–Crippen LogP) is 2.96. The van der Waals surface area contributed by atoms with Gasteiger partial charge in [0.05, 0.1) is 18.1 Å². The maximum Gasteiger partial charge on any atom is 0.144 e. The van der Waals surface area contributed by atoms with Crippen molar-refractivity contribution in [3.8, 4) is 12.1 Å². The average molecular weight is 216 g/mol. The van der Waals surface area contributed by atoms with Crippen LogP contribution in [0, 0.1) is 34.4 Å². The van der Waals surface area contributed by atoms with Crippen LogP contribution >= 0.6 is 0 Å². The Morgan fingerprint density at radius 3 is 2.50 bits per heavy atom. The van der Waals surface area contributed by atoms with Crippen LogP contribution < -0.4 is 0 Å². The van der Waals surface area contributed by atoms with Crippen LogP contribution in [0.1, 0.15) is 30.5 Å². The third-order valence-corrected chi connectivity index (χ3v) is 2.24. The molecule has 0 aliphatic heterocycles. The summed E-state index contributed by atoms with van der Waals surface area (Å²) in [5.41, 5.74) is 1.26. The second kappa shape index (κ2) is 5.28. The number of nitrogens with zero attached hydrogens (tertiary/aromatic N) is 2. The molecule has 1 aromatic carbocycles. The lowest BCUT2D eigenvalue weighted by Gasteiger charge is -2.09. The second-order valence-electron chi connectivity index (χ2n) is 4.16. The van der Waals surface area contributed by atoms with Crippen LogP contribution in [0.4, 0.5) is 4.39 Å². The number of halogens is 1. The fourth-order valence-corrected chi connectivity index (χ4v) is 1.61. The lowest BCUT2D eigenvalue weighted by Crippen LogP contribution is -2.01. The first-order valence-electron chi connectivity index (χ1n) is 5.16. The maximum atomic E-state index is 13.7. The first-order valence-corrected chi connectivity index (χ1v) is 5.16. The highest BCUT2D eigenvalue weighted by Crippen LogP contribution is 2.19. The zero-order valence-corrected chi connectivity index (χ0v) is 9.42. The van der Waals surface area contributed by atoms with E-state index in [0.29, 0.717) is 23.5 Å². The van der Waals surface area contributed by atoms with Crippen molar-refractivity contribution in [1.29, 1.82) is 10.5 Å². The molecule has 0 saturated carbocycles. The van der Waals surface area contributed by atoms with E-state index in [1.54, 1.807) is 6.07 Å². The Labute approximate surface area is 94.9 Å². The van der Waals surface area contributed by atoms with E-state index in [1.165, 1.54) is 6.07 Å². The van der Waals surface area contributed by atoms with Gasteiger partial charge in [-0.2, -0.15) is 10.5 Å². The Morgan fingerprint density at radius 1 is 1.31 bits per heavy atom. The summed E-state index contributed by atoms with van der Waals surface area (Å²) >= 11 is 0. The van der Waals surface area contributed by atoms with E-state index in [2.05, 4.69) is 0 Å². The van der Waals surface area contributed by atoms with Crippen LogP contribution in [0.3, 0.4) is 0 Å². The van der Waals surface area contributed by atoms with E-state index in [-0.39, 0.29) is 12.0 Å². The van der Waals surface area contributed by atoms with Gasteiger partial charge in [0, 0.05) is 0 Å². The molecule has 0 radical (unpaired) electrons. The molecular formula is C13H13FN2. The van der Waals surface area contributed by atoms with Gasteiger partial charge in [-0.3, -0.25) is 0 Å². The van der Waals surface area contributed by atoms with Gasteiger partial charge in [0.1, 0.15) is 11.9 Å². The zero-order chi connectivity index (χ0) is 12.1. The third kappa shape index (κ3) is 2.81. The SMILES string of the molecule is CC(C)Cc1cc(CC#N)cc(C#N)c1F. The van der Waals surface area contributed by atoms with Crippen molar-refractivity contribution in [2.45, 2.75) is 26.7 Å². The Hall–Kier alpha value is -1.87. The van der Waals surface area contributed by atoms with Crippen molar-refractivity contribution >= 4 is 0 Å². The normalized spacial score (nSPS) is 9.88. The van der Waals surface area contributed by atoms with Crippen LogP contribution in [0.2, 0.25) is 0 Å². The molecule has 0 fully saturated rings. The summed E-state index contributed by atoms with van der Waals surface area (Å²) in [6.07, 6.45) is 0.792. The quantitative estimate of drug-likeness (QED) is 0.779. The molecule has 0 aliphatic carbocycles. The van der Waals surface area contributed by atoms with Gasteiger partial charge in [-0.1, -0.05) is 19.9 Å². The van der Waals surface area contributed by atoms with Gasteiger partial charge < -0.3 is 0 Å². The summed E-state index contributed by atoms with van der Waals surface area (Å²) < 4.78 is 13.7. The molecule has 0 aliphatic rings. The molecule has 1 aromatic rings. The monoisotopic (exact) mass is 216 g/mol. The summed E-state index contributed by atoms with van der Waals surface area (Å²) in [4.78, 5) is 0. The molecule has 0 unspecified atom stereocenters. The lowest BCUT2D eigenvalue weighted by atomic mass is 9.97. The topological polar surface area (TPSA) is 47.6 Å². The van der Waals surface area contributed by atoms with Gasteiger partial charge in [-0.15, -0.1) is 0 Å². The molecule has 82 valence electrons. The molecule has 0 amide bonds. The third-order valence-electron chi connectivity index (χ3n) is 2.24. The Bertz CT molecular complexity index is 464. The molecule has 0 atom stereocenters. The Kier molecular flexibility index (Phi) is 4.03. The molecule has 0 saturated heterocycles. The second-order valence-corrected chi connectivity index (χ2v) is 4.16. The Morgan fingerprint density at radius 2 is 2.00 bits per heavy atom. The largest absolute Gasteiger partial charge is 0.205 e. The van der Waals surface area contributed by atoms with Gasteiger partial charge >= 0.3 is 0 Å². The molecule has 16 heavy (non-hydrogen) atoms. The molecule has 0 aromatic heterocycles. The summed E-state index contributed by atoms with van der Waals surface area (Å²) in [6.45, 7) is 3.98. The smallest absolute Gasteiger partial charge is 0.144 e. The summed E-state index contributed by atoms with van der Waals surface area (Å²) in [5.74, 6) is -0.128. The maximum absolute atomic E-state index is 13.7. The molecule has 0 heterocycles. The first kappa shape index (κ1) is 12.2. The first-order chi connectivity index (χ1) is 7.58. The molecule has 0 bridgehead atoms. The van der Waals surface area contributed by atoms with E-state index in [1.807, 2.05) is 26.0 Å². The summed E-state index contributed by atoms with van der Waals surface area (Å²) in [7, 11) is 0. The van der Waals surface area contributed by atoms with Crippen LogP contribution in [0.5, 0.6) is 0 Å². The molecule has 1 rings (SSSR count). The van der Waals surface area contributed by atoms with Crippen LogP contribution in [-0.2, 0) is 12.8 Å². The van der Waals surface area contributed by atoms with Crippen molar-refractivity contribution < 1.29 is 4.39 Å². The van der Waals surface area contributed by atoms with E-state index in [0.717, 1.165) is 0 Å². The van der Waals surface area contributed by atoms with Crippen molar-refractivity contribution in [2.75, 3.05) is 0 Å². The van der Waals surface area contributed by atoms with Gasteiger partial charge in [-0.05, 0) is 29.5 Å². The van der Waals surface area contributed by atoms with Crippen molar-refractivity contribution in [2.24, 2.45) is 5.92 Å². The Balaban J connectivity index is 3.21. The van der Waals surface area contributed by atoms with E-state index >= 15 is 0 Å². The highest BCUT2D eigenvalue weighted by atomic mass is 19.1. The van der Waals surface area contributed by atoms with Crippen LogP contribution in [-0.4, -0.2) is 0 Å². The minimum atomic E-state index is -0.446. The van der Waals surface area contributed by atoms with E-state index in [9.17, 15) is 4.39 Å². The van der Waals surface area contributed by atoms with Crippen molar-refractivity contribution in [3.63, 3.8) is 0 Å². The highest BCUT2D eigenvalue weighted by molar-refractivity contribution is 5.40. The number of nitriles is 2. The van der Waals surface area contributed by atoms with Gasteiger partial charge in [0.25, 0.3) is 0 Å². The summed E-state index contributed by atoms with van der Waals surface area (Å²) in [5, 5.41) is 17.4. The molecule has 2 nitrogen and oxygen atoms in total. The van der Waals surface area contributed by atoms with Gasteiger partial charge in [-0.25, -0.2) is 4.39 Å². The van der Waals surface area contributed by atoms with Crippen LogP contribution in [0.25, 0.3) is 0 Å². The standard InChI is InChI=1S/C13H13FN2/c1-9(2)5-11-6-10(3-4-15)7-12(8-16)13(11)14/h6-7,9H,3,5H2,1-2H3. The molecule has 0 N–H and O–H groups in total. The van der Waals surface area contributed by atoms with Gasteiger partial charge in [0.15, 0.2) is 0 Å². The van der Waals surface area contributed by atoms with E-state index < -0.39 is 5.82 Å². The number of rotatable bonds is 3. The zero-order valence-electron chi connectivity index (χ0n) is 9.42.